The molecule has 39 heavy (non-hydrogen) atoms. The van der Waals surface area contributed by atoms with Gasteiger partial charge in [0, 0.05) is 12.8 Å². The molecule has 2 fully saturated rings. The van der Waals surface area contributed by atoms with Crippen LogP contribution < -0.4 is 0 Å². The molecule has 0 aliphatic carbocycles. The van der Waals surface area contributed by atoms with Gasteiger partial charge in [0.05, 0.1) is 31.8 Å². The minimum absolute atomic E-state index is 0.0673. The second-order valence-electron chi connectivity index (χ2n) is 12.9. The van der Waals surface area contributed by atoms with Crippen molar-refractivity contribution in [2.45, 2.75) is 103 Å². The zero-order valence-electron chi connectivity index (χ0n) is 24.7. The van der Waals surface area contributed by atoms with E-state index in [1.54, 1.807) is 12.1 Å². The van der Waals surface area contributed by atoms with Crippen molar-refractivity contribution >= 4 is 0 Å². The van der Waals surface area contributed by atoms with Crippen molar-refractivity contribution in [1.82, 2.24) is 0 Å². The van der Waals surface area contributed by atoms with Gasteiger partial charge in [-0.25, -0.2) is 0 Å². The number of hydrogen-bond donors (Lipinski definition) is 2. The van der Waals surface area contributed by atoms with E-state index in [1.807, 2.05) is 12.1 Å². The van der Waals surface area contributed by atoms with Crippen molar-refractivity contribution in [1.29, 1.82) is 0 Å². The normalized spacial score (nSPS) is 24.3. The summed E-state index contributed by atoms with van der Waals surface area (Å²) in [6.07, 6.45) is 4.60. The van der Waals surface area contributed by atoms with E-state index in [9.17, 15) is 10.2 Å². The second-order valence-corrected chi connectivity index (χ2v) is 12.9. The molecule has 2 aliphatic rings. The summed E-state index contributed by atoms with van der Waals surface area (Å²) in [7, 11) is 0. The zero-order valence-corrected chi connectivity index (χ0v) is 24.7. The Morgan fingerprint density at radius 2 is 1.03 bits per heavy atom. The van der Waals surface area contributed by atoms with Crippen molar-refractivity contribution in [2.75, 3.05) is 26.4 Å². The molecule has 0 saturated carbocycles. The highest BCUT2D eigenvalue weighted by Gasteiger charge is 2.42. The monoisotopic (exact) mass is 540 g/mol. The van der Waals surface area contributed by atoms with Crippen molar-refractivity contribution in [2.24, 2.45) is 5.41 Å². The van der Waals surface area contributed by atoms with Crippen LogP contribution in [0.3, 0.4) is 0 Å². The van der Waals surface area contributed by atoms with Crippen LogP contribution in [-0.4, -0.2) is 49.2 Å². The van der Waals surface area contributed by atoms with E-state index in [1.165, 1.54) is 11.1 Å². The van der Waals surface area contributed by atoms with Gasteiger partial charge < -0.3 is 29.2 Å². The van der Waals surface area contributed by atoms with Gasteiger partial charge in [-0.05, 0) is 70.9 Å². The lowest BCUT2D eigenvalue weighted by molar-refractivity contribution is -0.303. The third-order valence-electron chi connectivity index (χ3n) is 8.99. The molecule has 6 heteroatoms. The van der Waals surface area contributed by atoms with E-state index in [0.29, 0.717) is 37.9 Å². The molecule has 2 heterocycles. The molecule has 2 aliphatic heterocycles. The molecule has 4 rings (SSSR count). The van der Waals surface area contributed by atoms with E-state index in [0.717, 1.165) is 49.7 Å². The zero-order chi connectivity index (χ0) is 28.3. The molecule has 0 bridgehead atoms. The molecule has 216 valence electrons. The van der Waals surface area contributed by atoms with Gasteiger partial charge in [0.2, 0.25) is 0 Å². The summed E-state index contributed by atoms with van der Waals surface area (Å²) in [5.74, 6) is 0.725. The van der Waals surface area contributed by atoms with E-state index < -0.39 is 0 Å². The van der Waals surface area contributed by atoms with Crippen molar-refractivity contribution in [3.05, 3.63) is 58.7 Å². The third-order valence-corrected chi connectivity index (χ3v) is 8.99. The first kappa shape index (κ1) is 29.9. The van der Waals surface area contributed by atoms with Crippen LogP contribution in [0.25, 0.3) is 0 Å². The van der Waals surface area contributed by atoms with E-state index >= 15 is 0 Å². The first-order valence-electron chi connectivity index (χ1n) is 14.6. The van der Waals surface area contributed by atoms with Gasteiger partial charge in [-0.1, -0.05) is 65.8 Å². The average Bonchev–Trinajstić information content (AvgIpc) is 2.93. The van der Waals surface area contributed by atoms with Crippen LogP contribution in [0, 0.1) is 5.41 Å². The Balaban J connectivity index is 1.22. The SMILES string of the molecule is CCC(C)(C)c1cc(CCC2OCC3(CO2)COC(CCc2ccc(O)c(C(C)(C)CC)c2)OC3)ccc1O. The van der Waals surface area contributed by atoms with E-state index in [2.05, 4.69) is 53.7 Å². The molecule has 2 aromatic carbocycles. The molecule has 0 radical (unpaired) electrons. The van der Waals surface area contributed by atoms with Crippen LogP contribution in [0.1, 0.15) is 89.5 Å². The topological polar surface area (TPSA) is 77.4 Å². The number of ether oxygens (including phenoxy) is 4. The third kappa shape index (κ3) is 7.15. The molecule has 0 atom stereocenters. The molecular weight excluding hydrogens is 492 g/mol. The van der Waals surface area contributed by atoms with Gasteiger partial charge in [-0.2, -0.15) is 0 Å². The van der Waals surface area contributed by atoms with Gasteiger partial charge in [0.25, 0.3) is 0 Å². The molecule has 1 spiro atoms. The lowest BCUT2D eigenvalue weighted by Crippen LogP contribution is -2.52. The highest BCUT2D eigenvalue weighted by atomic mass is 16.7. The fourth-order valence-corrected chi connectivity index (χ4v) is 5.27. The summed E-state index contributed by atoms with van der Waals surface area (Å²) in [5.41, 5.74) is 3.96. The predicted octanol–water partition coefficient (Wildman–Crippen LogP) is 6.77. The Kier molecular flexibility index (Phi) is 9.32. The summed E-state index contributed by atoms with van der Waals surface area (Å²) in [6.45, 7) is 15.2. The van der Waals surface area contributed by atoms with Gasteiger partial charge in [-0.15, -0.1) is 0 Å². The maximum Gasteiger partial charge on any atom is 0.157 e. The number of benzene rings is 2. The predicted molar refractivity (Wildman–Crippen MR) is 153 cm³/mol. The smallest absolute Gasteiger partial charge is 0.157 e. The molecular formula is C33H48O6. The highest BCUT2D eigenvalue weighted by molar-refractivity contribution is 5.42. The van der Waals surface area contributed by atoms with Crippen molar-refractivity contribution in [3.8, 4) is 11.5 Å². The quantitative estimate of drug-likeness (QED) is 0.346. The maximum absolute atomic E-state index is 10.3. The number of rotatable bonds is 10. The minimum atomic E-state index is -0.263. The molecule has 0 amide bonds. The summed E-state index contributed by atoms with van der Waals surface area (Å²) in [6, 6.07) is 11.8. The standard InChI is InChI=1S/C33H48O6/c1-7-31(3,4)25-17-23(9-13-27(25)34)11-15-29-36-19-33(20-37-29)21-38-30(39-22-33)16-12-24-10-14-28(35)26(18-24)32(5,6)8-2/h9-10,13-14,17-18,29-30,34-35H,7-8,11-12,15-16,19-22H2,1-6H3. The van der Waals surface area contributed by atoms with Gasteiger partial charge >= 0.3 is 0 Å². The minimum Gasteiger partial charge on any atom is -0.508 e. The Labute approximate surface area is 234 Å². The van der Waals surface area contributed by atoms with Crippen LogP contribution in [0.4, 0.5) is 0 Å². The number of hydrogen-bond acceptors (Lipinski definition) is 6. The fraction of sp³-hybridized carbons (Fsp3) is 0.636. The molecule has 0 unspecified atom stereocenters. The Morgan fingerprint density at radius 1 is 0.667 bits per heavy atom. The first-order chi connectivity index (χ1) is 18.5. The van der Waals surface area contributed by atoms with E-state index in [-0.39, 0.29) is 28.8 Å². The van der Waals surface area contributed by atoms with Crippen LogP contribution in [0.2, 0.25) is 0 Å². The Hall–Kier alpha value is -2.12. The van der Waals surface area contributed by atoms with Crippen molar-refractivity contribution in [3.63, 3.8) is 0 Å². The van der Waals surface area contributed by atoms with Crippen LogP contribution in [0.15, 0.2) is 36.4 Å². The highest BCUT2D eigenvalue weighted by Crippen LogP contribution is 2.37. The lowest BCUT2D eigenvalue weighted by atomic mass is 9.81. The number of aromatic hydroxyl groups is 2. The molecule has 0 aromatic heterocycles. The van der Waals surface area contributed by atoms with Crippen molar-refractivity contribution < 1.29 is 29.2 Å². The molecule has 2 saturated heterocycles. The van der Waals surface area contributed by atoms with Crippen LogP contribution in [0.5, 0.6) is 11.5 Å². The summed E-state index contributed by atoms with van der Waals surface area (Å²) in [5, 5.41) is 20.7. The van der Waals surface area contributed by atoms with Gasteiger partial charge in [0.1, 0.15) is 11.5 Å². The summed E-state index contributed by atoms with van der Waals surface area (Å²) < 4.78 is 24.4. The largest absolute Gasteiger partial charge is 0.508 e. The first-order valence-corrected chi connectivity index (χ1v) is 14.6. The molecule has 6 nitrogen and oxygen atoms in total. The lowest BCUT2D eigenvalue weighted by Gasteiger charge is -2.43. The van der Waals surface area contributed by atoms with E-state index in [4.69, 9.17) is 18.9 Å². The Bertz CT molecular complexity index is 1000. The second kappa shape index (κ2) is 12.2. The number of aryl methyl sites for hydroxylation is 2. The van der Waals surface area contributed by atoms with Crippen LogP contribution in [-0.2, 0) is 42.6 Å². The fourth-order valence-electron chi connectivity index (χ4n) is 5.27. The average molecular weight is 541 g/mol. The maximum atomic E-state index is 10.3. The molecule has 2 aromatic rings. The Morgan fingerprint density at radius 3 is 1.36 bits per heavy atom. The van der Waals surface area contributed by atoms with Gasteiger partial charge in [0.15, 0.2) is 12.6 Å². The summed E-state index contributed by atoms with van der Waals surface area (Å²) in [4.78, 5) is 0. The summed E-state index contributed by atoms with van der Waals surface area (Å²) >= 11 is 0. The molecule has 2 N–H and O–H groups in total. The van der Waals surface area contributed by atoms with Crippen LogP contribution >= 0.6 is 0 Å². The number of phenols is 2. The van der Waals surface area contributed by atoms with Gasteiger partial charge in [-0.3, -0.25) is 0 Å². The number of phenolic OH excluding ortho intramolecular Hbond substituents is 2.